The van der Waals surface area contributed by atoms with Crippen LogP contribution in [-0.4, -0.2) is 57.6 Å². The van der Waals surface area contributed by atoms with E-state index in [1.54, 1.807) is 0 Å². The second-order valence-corrected chi connectivity index (χ2v) is 11.6. The minimum atomic E-state index is -0.742. The normalized spacial score (nSPS) is 37.5. The molecule has 3 rings (SSSR count). The molecule has 0 radical (unpaired) electrons. The van der Waals surface area contributed by atoms with Gasteiger partial charge in [0, 0.05) is 0 Å². The molecule has 5 heteroatoms. The van der Waals surface area contributed by atoms with Crippen LogP contribution in [0, 0.1) is 23.2 Å². The van der Waals surface area contributed by atoms with Crippen LogP contribution >= 0.6 is 0 Å². The van der Waals surface area contributed by atoms with Gasteiger partial charge in [-0.2, -0.15) is 0 Å². The van der Waals surface area contributed by atoms with Crippen LogP contribution in [-0.2, 0) is 4.74 Å². The summed E-state index contributed by atoms with van der Waals surface area (Å²) in [6, 6.07) is 0. The highest BCUT2D eigenvalue weighted by Crippen LogP contribution is 2.59. The molecule has 0 aromatic carbocycles. The van der Waals surface area contributed by atoms with Gasteiger partial charge < -0.3 is 25.2 Å². The van der Waals surface area contributed by atoms with E-state index in [0.29, 0.717) is 42.4 Å². The predicted octanol–water partition coefficient (Wildman–Crippen LogP) is 4.30. The number of rotatable bonds is 8. The maximum atomic E-state index is 10.4. The number of allylic oxidation sites excluding steroid dienone is 4. The Morgan fingerprint density at radius 2 is 1.85 bits per heavy atom. The predicted molar refractivity (Wildman–Crippen MR) is 132 cm³/mol. The van der Waals surface area contributed by atoms with Gasteiger partial charge in [0.2, 0.25) is 0 Å². The van der Waals surface area contributed by atoms with Gasteiger partial charge in [-0.15, -0.1) is 0 Å². The van der Waals surface area contributed by atoms with Crippen molar-refractivity contribution in [3.05, 3.63) is 35.5 Å². The maximum Gasteiger partial charge on any atom is 0.110 e. The smallest absolute Gasteiger partial charge is 0.110 e. The first-order chi connectivity index (χ1) is 15.5. The highest BCUT2D eigenvalue weighted by molar-refractivity contribution is 5.27. The molecule has 3 aliphatic rings. The fourth-order valence-corrected chi connectivity index (χ4v) is 6.73. The van der Waals surface area contributed by atoms with Gasteiger partial charge in [0.05, 0.1) is 31.0 Å². The first-order valence-corrected chi connectivity index (χ1v) is 12.9. The third-order valence-electron chi connectivity index (χ3n) is 8.37. The SMILES string of the molecule is C[C@H](/C=C/CC(C)(C)O)[C@H]1CC[C@H]2/C(=C\C=C3C[C@@H](O)C(OCCO)[C@H](O)C3)CCC[C@]12C. The number of aliphatic hydroxyl groups excluding tert-OH is 3. The zero-order chi connectivity index (χ0) is 24.2. The lowest BCUT2D eigenvalue weighted by atomic mass is 9.61. The number of fused-ring (bicyclic) bond motifs is 1. The number of hydrogen-bond acceptors (Lipinski definition) is 5. The lowest BCUT2D eigenvalue weighted by Crippen LogP contribution is -2.44. The molecular formula is C28H46O5. The molecule has 0 unspecified atom stereocenters. The largest absolute Gasteiger partial charge is 0.394 e. The molecule has 4 N–H and O–H groups in total. The zero-order valence-corrected chi connectivity index (χ0v) is 21.0. The molecule has 0 aliphatic heterocycles. The van der Waals surface area contributed by atoms with Crippen LogP contribution in [0.2, 0.25) is 0 Å². The molecule has 6 atom stereocenters. The summed E-state index contributed by atoms with van der Waals surface area (Å²) in [6.07, 6.45) is 14.5. The lowest BCUT2D eigenvalue weighted by Gasteiger charge is -2.44. The molecule has 0 spiro atoms. The Morgan fingerprint density at radius 3 is 2.48 bits per heavy atom. The van der Waals surface area contributed by atoms with Gasteiger partial charge in [0.25, 0.3) is 0 Å². The lowest BCUT2D eigenvalue weighted by molar-refractivity contribution is -0.115. The molecule has 3 aliphatic carbocycles. The highest BCUT2D eigenvalue weighted by atomic mass is 16.5. The topological polar surface area (TPSA) is 90.2 Å². The van der Waals surface area contributed by atoms with Crippen molar-refractivity contribution in [2.24, 2.45) is 23.2 Å². The quantitative estimate of drug-likeness (QED) is 0.404. The molecule has 33 heavy (non-hydrogen) atoms. The molecule has 0 aromatic rings. The van der Waals surface area contributed by atoms with Gasteiger partial charge in [-0.3, -0.25) is 0 Å². The highest BCUT2D eigenvalue weighted by Gasteiger charge is 2.50. The van der Waals surface area contributed by atoms with Gasteiger partial charge >= 0.3 is 0 Å². The van der Waals surface area contributed by atoms with Crippen molar-refractivity contribution in [3.8, 4) is 0 Å². The Morgan fingerprint density at radius 1 is 1.15 bits per heavy atom. The summed E-state index contributed by atoms with van der Waals surface area (Å²) >= 11 is 0. The summed E-state index contributed by atoms with van der Waals surface area (Å²) in [6.45, 7) is 8.54. The summed E-state index contributed by atoms with van der Waals surface area (Å²) < 4.78 is 5.44. The van der Waals surface area contributed by atoms with Crippen molar-refractivity contribution >= 4 is 0 Å². The Hall–Kier alpha value is -0.980. The Labute approximate surface area is 200 Å². The number of ether oxygens (including phenoxy) is 1. The van der Waals surface area contributed by atoms with Crippen molar-refractivity contribution in [3.63, 3.8) is 0 Å². The molecule has 5 nitrogen and oxygen atoms in total. The van der Waals surface area contributed by atoms with Crippen molar-refractivity contribution in [1.82, 2.24) is 0 Å². The van der Waals surface area contributed by atoms with Crippen LogP contribution in [0.15, 0.2) is 35.5 Å². The third-order valence-corrected chi connectivity index (χ3v) is 8.37. The van der Waals surface area contributed by atoms with E-state index in [1.165, 1.54) is 31.3 Å². The molecule has 0 aromatic heterocycles. The van der Waals surface area contributed by atoms with E-state index < -0.39 is 23.9 Å². The van der Waals surface area contributed by atoms with E-state index in [2.05, 4.69) is 38.2 Å². The molecule has 188 valence electrons. The van der Waals surface area contributed by atoms with Crippen LogP contribution in [0.1, 0.15) is 79.1 Å². The van der Waals surface area contributed by atoms with Crippen molar-refractivity contribution in [1.29, 1.82) is 0 Å². The summed E-state index contributed by atoms with van der Waals surface area (Å²) in [5, 5.41) is 39.8. The van der Waals surface area contributed by atoms with Crippen LogP contribution in [0.5, 0.6) is 0 Å². The molecule has 0 saturated heterocycles. The summed E-state index contributed by atoms with van der Waals surface area (Å²) in [5.41, 5.74) is 2.23. The Balaban J connectivity index is 1.67. The van der Waals surface area contributed by atoms with Crippen molar-refractivity contribution in [2.45, 2.75) is 103 Å². The number of hydrogen-bond donors (Lipinski definition) is 4. The van der Waals surface area contributed by atoms with Gasteiger partial charge in [-0.05, 0) is 88.4 Å². The minimum Gasteiger partial charge on any atom is -0.394 e. The molecule has 3 saturated carbocycles. The van der Waals surface area contributed by atoms with Gasteiger partial charge in [0.15, 0.2) is 0 Å². The second-order valence-electron chi connectivity index (χ2n) is 11.6. The van der Waals surface area contributed by atoms with E-state index >= 15 is 0 Å². The van der Waals surface area contributed by atoms with Crippen LogP contribution < -0.4 is 0 Å². The third kappa shape index (κ3) is 6.58. The van der Waals surface area contributed by atoms with Gasteiger partial charge in [-0.1, -0.05) is 49.3 Å². The molecule has 0 bridgehead atoms. The first-order valence-electron chi connectivity index (χ1n) is 12.9. The van der Waals surface area contributed by atoms with E-state index in [9.17, 15) is 15.3 Å². The van der Waals surface area contributed by atoms with Gasteiger partial charge in [-0.25, -0.2) is 0 Å². The second kappa shape index (κ2) is 11.2. The summed E-state index contributed by atoms with van der Waals surface area (Å²) in [7, 11) is 0. The average molecular weight is 463 g/mol. The van der Waals surface area contributed by atoms with E-state index in [-0.39, 0.29) is 13.2 Å². The Bertz CT molecular complexity index is 719. The maximum absolute atomic E-state index is 10.4. The van der Waals surface area contributed by atoms with E-state index in [1.807, 2.05) is 13.8 Å². The van der Waals surface area contributed by atoms with Crippen LogP contribution in [0.4, 0.5) is 0 Å². The van der Waals surface area contributed by atoms with Crippen LogP contribution in [0.25, 0.3) is 0 Å². The molecule has 0 amide bonds. The molecule has 3 fully saturated rings. The van der Waals surface area contributed by atoms with Crippen LogP contribution in [0.3, 0.4) is 0 Å². The average Bonchev–Trinajstić information content (AvgIpc) is 3.08. The monoisotopic (exact) mass is 462 g/mol. The molecular weight excluding hydrogens is 416 g/mol. The summed E-state index contributed by atoms with van der Waals surface area (Å²) in [4.78, 5) is 0. The zero-order valence-electron chi connectivity index (χ0n) is 21.0. The number of aliphatic hydroxyl groups is 4. The first kappa shape index (κ1) is 26.6. The van der Waals surface area contributed by atoms with Gasteiger partial charge in [0.1, 0.15) is 6.10 Å². The van der Waals surface area contributed by atoms with Crippen molar-refractivity contribution < 1.29 is 25.2 Å². The Kier molecular flexibility index (Phi) is 9.01. The standard InChI is InChI=1S/C28H46O5/c1-19(7-5-13-27(2,3)32)22-11-12-23-21(8-6-14-28(22,23)4)10-9-20-17-24(30)26(25(31)18-20)33-16-15-29/h5,7,9-10,19,22-26,29-32H,6,8,11-18H2,1-4H3/b7-5+,20-9?,21-10-/t19-,22-,23+,24-,25-,26?,28-/m1/s1. The van der Waals surface area contributed by atoms with E-state index in [4.69, 9.17) is 9.84 Å². The summed E-state index contributed by atoms with van der Waals surface area (Å²) in [5.74, 6) is 1.75. The van der Waals surface area contributed by atoms with E-state index in [0.717, 1.165) is 12.0 Å². The fourth-order valence-electron chi connectivity index (χ4n) is 6.73. The minimum absolute atomic E-state index is 0.111. The van der Waals surface area contributed by atoms with Crippen molar-refractivity contribution in [2.75, 3.05) is 13.2 Å². The fraction of sp³-hybridized carbons (Fsp3) is 0.786. The molecule has 0 heterocycles.